The summed E-state index contributed by atoms with van der Waals surface area (Å²) in [6, 6.07) is 1.74. The number of aromatic amines is 1. The summed E-state index contributed by atoms with van der Waals surface area (Å²) in [5.41, 5.74) is 6.47. The van der Waals surface area contributed by atoms with Gasteiger partial charge in [-0.05, 0) is 37.7 Å². The second-order valence-electron chi connectivity index (χ2n) is 6.41. The number of hydrogen-bond acceptors (Lipinski definition) is 5. The lowest BCUT2D eigenvalue weighted by atomic mass is 10.0. The van der Waals surface area contributed by atoms with Crippen LogP contribution in [0.4, 0.5) is 10.3 Å². The van der Waals surface area contributed by atoms with Crippen LogP contribution in [0.3, 0.4) is 0 Å². The number of aromatic nitrogens is 4. The number of nitrogens with zero attached hydrogens (tertiary/aromatic N) is 3. The quantitative estimate of drug-likeness (QED) is 0.623. The van der Waals surface area contributed by atoms with Crippen molar-refractivity contribution in [1.82, 2.24) is 19.9 Å². The molecule has 6 nitrogen and oxygen atoms in total. The molecule has 1 unspecified atom stereocenters. The van der Waals surface area contributed by atoms with Gasteiger partial charge in [0, 0.05) is 17.1 Å². The summed E-state index contributed by atoms with van der Waals surface area (Å²) in [6.07, 6.45) is 6.30. The van der Waals surface area contributed by atoms with Crippen molar-refractivity contribution in [1.29, 1.82) is 0 Å². The molecule has 1 aliphatic rings. The molecule has 4 N–H and O–H groups in total. The zero-order valence-corrected chi connectivity index (χ0v) is 13.5. The average Bonchev–Trinajstić information content (AvgIpc) is 3.37. The Bertz CT molecular complexity index is 1030. The number of nitrogens with two attached hydrogens (primary N) is 1. The number of hydrogen-bond donors (Lipinski definition) is 3. The van der Waals surface area contributed by atoms with E-state index in [9.17, 15) is 9.50 Å². The minimum absolute atomic E-state index is 0.000279. The van der Waals surface area contributed by atoms with Gasteiger partial charge in [0.15, 0.2) is 5.82 Å². The molecule has 126 valence electrons. The molecule has 0 aromatic carbocycles. The summed E-state index contributed by atoms with van der Waals surface area (Å²) in [4.78, 5) is 14.9. The van der Waals surface area contributed by atoms with Crippen molar-refractivity contribution in [2.75, 3.05) is 5.73 Å². The fraction of sp³-hybridized carbons (Fsp3) is 0.278. The highest BCUT2D eigenvalue weighted by atomic mass is 19.1. The third kappa shape index (κ3) is 2.92. The van der Waals surface area contributed by atoms with Crippen LogP contribution in [0, 0.1) is 23.6 Å². The van der Waals surface area contributed by atoms with Crippen molar-refractivity contribution < 1.29 is 9.50 Å². The first-order chi connectivity index (χ1) is 11.9. The van der Waals surface area contributed by atoms with E-state index in [-0.39, 0.29) is 17.6 Å². The third-order valence-corrected chi connectivity index (χ3v) is 4.40. The topological polar surface area (TPSA) is 101 Å². The maximum absolute atomic E-state index is 14.1. The van der Waals surface area contributed by atoms with E-state index in [1.54, 1.807) is 25.4 Å². The Morgan fingerprint density at radius 2 is 2.16 bits per heavy atom. The molecular weight excluding hydrogens is 321 g/mol. The van der Waals surface area contributed by atoms with Gasteiger partial charge < -0.3 is 15.8 Å². The molecule has 7 heteroatoms. The van der Waals surface area contributed by atoms with Crippen LogP contribution < -0.4 is 5.73 Å². The first-order valence-corrected chi connectivity index (χ1v) is 7.95. The molecule has 0 saturated heterocycles. The number of halogens is 1. The number of rotatable bonds is 2. The highest BCUT2D eigenvalue weighted by Gasteiger charge is 2.38. The van der Waals surface area contributed by atoms with E-state index in [2.05, 4.69) is 31.8 Å². The van der Waals surface area contributed by atoms with E-state index in [4.69, 9.17) is 5.73 Å². The van der Waals surface area contributed by atoms with Crippen LogP contribution in [0.25, 0.3) is 22.2 Å². The number of nitrogen functional groups attached to an aromatic ring is 1. The van der Waals surface area contributed by atoms with E-state index < -0.39 is 11.4 Å². The Balaban J connectivity index is 1.78. The van der Waals surface area contributed by atoms with Crippen LogP contribution >= 0.6 is 0 Å². The van der Waals surface area contributed by atoms with E-state index in [1.807, 2.05) is 0 Å². The van der Waals surface area contributed by atoms with Crippen LogP contribution in [0.15, 0.2) is 24.7 Å². The largest absolute Gasteiger partial charge is 0.378 e. The molecular formula is C18H16FN5O. The van der Waals surface area contributed by atoms with Gasteiger partial charge in [-0.3, -0.25) is 0 Å². The van der Waals surface area contributed by atoms with Gasteiger partial charge in [-0.25, -0.2) is 19.3 Å². The first-order valence-electron chi connectivity index (χ1n) is 7.95. The Labute approximate surface area is 143 Å². The highest BCUT2D eigenvalue weighted by Crippen LogP contribution is 2.39. The number of anilines is 1. The number of fused-ring (bicyclic) bond motifs is 1. The minimum atomic E-state index is -1.01. The van der Waals surface area contributed by atoms with Crippen LogP contribution in [0.2, 0.25) is 0 Å². The van der Waals surface area contributed by atoms with Crippen LogP contribution in [-0.2, 0) is 0 Å². The highest BCUT2D eigenvalue weighted by molar-refractivity contribution is 5.94. The first kappa shape index (κ1) is 15.5. The maximum Gasteiger partial charge on any atom is 0.220 e. The van der Waals surface area contributed by atoms with Crippen LogP contribution in [-0.4, -0.2) is 30.6 Å². The average molecular weight is 337 g/mol. The van der Waals surface area contributed by atoms with Gasteiger partial charge in [-0.1, -0.05) is 5.92 Å². The lowest BCUT2D eigenvalue weighted by Gasteiger charge is -2.14. The third-order valence-electron chi connectivity index (χ3n) is 4.40. The molecule has 1 saturated carbocycles. The van der Waals surface area contributed by atoms with Crippen molar-refractivity contribution in [2.24, 2.45) is 5.92 Å². The van der Waals surface area contributed by atoms with E-state index in [1.165, 1.54) is 0 Å². The molecule has 0 amide bonds. The molecule has 4 rings (SSSR count). The molecule has 1 atom stereocenters. The molecule has 3 aromatic heterocycles. The predicted molar refractivity (Wildman–Crippen MR) is 91.7 cm³/mol. The van der Waals surface area contributed by atoms with Gasteiger partial charge in [-0.2, -0.15) is 0 Å². The Morgan fingerprint density at radius 1 is 1.36 bits per heavy atom. The Hall–Kier alpha value is -2.98. The van der Waals surface area contributed by atoms with Crippen molar-refractivity contribution in [3.8, 4) is 23.1 Å². The van der Waals surface area contributed by atoms with Gasteiger partial charge in [0.25, 0.3) is 0 Å². The van der Waals surface area contributed by atoms with Gasteiger partial charge in [0.1, 0.15) is 17.0 Å². The van der Waals surface area contributed by atoms with E-state index in [0.717, 1.165) is 29.9 Å². The molecule has 3 heterocycles. The second kappa shape index (κ2) is 5.53. The number of nitrogens with one attached hydrogen (secondary N) is 1. The van der Waals surface area contributed by atoms with Gasteiger partial charge in [0.05, 0.1) is 17.9 Å². The fourth-order valence-electron chi connectivity index (χ4n) is 2.79. The van der Waals surface area contributed by atoms with Crippen LogP contribution in [0.1, 0.15) is 25.5 Å². The van der Waals surface area contributed by atoms with Crippen molar-refractivity contribution in [3.63, 3.8) is 0 Å². The lowest BCUT2D eigenvalue weighted by molar-refractivity contribution is 0.0980. The van der Waals surface area contributed by atoms with Crippen molar-refractivity contribution >= 4 is 16.9 Å². The van der Waals surface area contributed by atoms with E-state index >= 15 is 0 Å². The summed E-state index contributed by atoms with van der Waals surface area (Å²) >= 11 is 0. The fourth-order valence-corrected chi connectivity index (χ4v) is 2.79. The Kier molecular flexibility index (Phi) is 3.44. The van der Waals surface area contributed by atoms with Gasteiger partial charge >= 0.3 is 0 Å². The maximum atomic E-state index is 14.1. The standard InChI is InChI=1S/C18H16FN5O/c1-18(25,10-2-3-10)5-4-11-6-12-13(7-22-15(12)9-21-11)16-14(19)8-23-17(20)24-16/h6-10,22,25H,2-3H2,1H3,(H2,20,23,24). The van der Waals surface area contributed by atoms with Crippen molar-refractivity contribution in [3.05, 3.63) is 36.2 Å². The zero-order chi connectivity index (χ0) is 17.6. The molecule has 3 aromatic rings. The van der Waals surface area contributed by atoms with E-state index in [0.29, 0.717) is 11.3 Å². The van der Waals surface area contributed by atoms with Gasteiger partial charge in [-0.15, -0.1) is 0 Å². The number of pyridine rings is 1. The summed E-state index contributed by atoms with van der Waals surface area (Å²) in [6.45, 7) is 1.72. The SMILES string of the molecule is CC(O)(C#Cc1cc2c(-c3nc(N)ncc3F)c[nH]c2cn1)C1CC1. The number of aliphatic hydroxyl groups is 1. The molecule has 0 radical (unpaired) electrons. The second-order valence-corrected chi connectivity index (χ2v) is 6.41. The minimum Gasteiger partial charge on any atom is -0.378 e. The molecule has 0 spiro atoms. The zero-order valence-electron chi connectivity index (χ0n) is 13.5. The molecule has 1 aliphatic carbocycles. The lowest BCUT2D eigenvalue weighted by Crippen LogP contribution is -2.24. The molecule has 0 bridgehead atoms. The summed E-state index contributed by atoms with van der Waals surface area (Å²) in [5.74, 6) is 5.47. The predicted octanol–water partition coefficient (Wildman–Crippen LogP) is 2.25. The molecule has 1 fully saturated rings. The van der Waals surface area contributed by atoms with Crippen LogP contribution in [0.5, 0.6) is 0 Å². The smallest absolute Gasteiger partial charge is 0.220 e. The monoisotopic (exact) mass is 337 g/mol. The summed E-state index contributed by atoms with van der Waals surface area (Å²) in [7, 11) is 0. The molecule has 0 aliphatic heterocycles. The van der Waals surface area contributed by atoms with Crippen molar-refractivity contribution in [2.45, 2.75) is 25.4 Å². The van der Waals surface area contributed by atoms with Gasteiger partial charge in [0.2, 0.25) is 5.95 Å². The Morgan fingerprint density at radius 3 is 2.92 bits per heavy atom. The molecule has 25 heavy (non-hydrogen) atoms. The normalized spacial score (nSPS) is 16.3. The number of H-pyrrole nitrogens is 1. The summed E-state index contributed by atoms with van der Waals surface area (Å²) in [5, 5.41) is 11.0. The summed E-state index contributed by atoms with van der Waals surface area (Å²) < 4.78 is 14.1.